The van der Waals surface area contributed by atoms with Crippen LogP contribution in [0.3, 0.4) is 0 Å². The molecule has 1 fully saturated rings. The smallest absolute Gasteiger partial charge is 0.251 e. The maximum absolute atomic E-state index is 12.7. The topological polar surface area (TPSA) is 66.5 Å². The van der Waals surface area contributed by atoms with E-state index in [9.17, 15) is 13.2 Å². The Hall–Kier alpha value is -1.40. The summed E-state index contributed by atoms with van der Waals surface area (Å²) in [6, 6.07) is 6.21. The molecule has 5 nitrogen and oxygen atoms in total. The molecular weight excluding hydrogens is 276 g/mol. The third-order valence-electron chi connectivity index (χ3n) is 3.67. The highest BCUT2D eigenvalue weighted by Crippen LogP contribution is 2.25. The van der Waals surface area contributed by atoms with Crippen LogP contribution in [0.5, 0.6) is 0 Å². The van der Waals surface area contributed by atoms with Gasteiger partial charge in [-0.25, -0.2) is 8.42 Å². The first-order valence-corrected chi connectivity index (χ1v) is 8.25. The fraction of sp³-hybridized carbons (Fsp3) is 0.500. The molecule has 1 atom stereocenters. The van der Waals surface area contributed by atoms with Crippen LogP contribution in [0.2, 0.25) is 0 Å². The number of nitrogens with zero attached hydrogens (tertiary/aromatic N) is 1. The van der Waals surface area contributed by atoms with Gasteiger partial charge in [0.1, 0.15) is 0 Å². The van der Waals surface area contributed by atoms with Crippen LogP contribution in [0.15, 0.2) is 29.2 Å². The van der Waals surface area contributed by atoms with Gasteiger partial charge < -0.3 is 5.32 Å². The van der Waals surface area contributed by atoms with Crippen LogP contribution in [0.25, 0.3) is 0 Å². The highest BCUT2D eigenvalue weighted by atomic mass is 32.2. The molecule has 1 N–H and O–H groups in total. The molecule has 0 spiro atoms. The lowest BCUT2D eigenvalue weighted by Crippen LogP contribution is -2.41. The van der Waals surface area contributed by atoms with Gasteiger partial charge in [-0.1, -0.05) is 12.5 Å². The lowest BCUT2D eigenvalue weighted by atomic mass is 10.1. The number of benzene rings is 1. The van der Waals surface area contributed by atoms with Crippen molar-refractivity contribution >= 4 is 15.9 Å². The van der Waals surface area contributed by atoms with Crippen LogP contribution < -0.4 is 5.32 Å². The van der Waals surface area contributed by atoms with Crippen LogP contribution in [-0.2, 0) is 10.0 Å². The second-order valence-corrected chi connectivity index (χ2v) is 6.96. The second-order valence-electron chi connectivity index (χ2n) is 5.07. The molecule has 0 aliphatic carbocycles. The molecule has 110 valence electrons. The minimum Gasteiger partial charge on any atom is -0.355 e. The molecule has 1 aromatic rings. The summed E-state index contributed by atoms with van der Waals surface area (Å²) < 4.78 is 26.9. The maximum Gasteiger partial charge on any atom is 0.251 e. The monoisotopic (exact) mass is 296 g/mol. The molecule has 0 radical (unpaired) electrons. The first kappa shape index (κ1) is 15.0. The molecule has 1 aliphatic heterocycles. The summed E-state index contributed by atoms with van der Waals surface area (Å²) in [6.07, 6.45) is 2.83. The number of carbonyl (C=O) groups excluding carboxylic acids is 1. The summed E-state index contributed by atoms with van der Waals surface area (Å²) in [6.45, 7) is 2.48. The van der Waals surface area contributed by atoms with E-state index >= 15 is 0 Å². The number of piperidine rings is 1. The Balaban J connectivity index is 2.36. The third kappa shape index (κ3) is 2.86. The summed E-state index contributed by atoms with van der Waals surface area (Å²) >= 11 is 0. The van der Waals surface area contributed by atoms with E-state index in [0.29, 0.717) is 12.1 Å². The first-order valence-electron chi connectivity index (χ1n) is 6.81. The first-order chi connectivity index (χ1) is 9.46. The summed E-state index contributed by atoms with van der Waals surface area (Å²) in [5.74, 6) is -0.284. The predicted molar refractivity (Wildman–Crippen MR) is 77.0 cm³/mol. The number of amides is 1. The molecule has 0 bridgehead atoms. The van der Waals surface area contributed by atoms with Gasteiger partial charge in [-0.05, 0) is 38.0 Å². The van der Waals surface area contributed by atoms with E-state index < -0.39 is 10.0 Å². The van der Waals surface area contributed by atoms with E-state index in [1.165, 1.54) is 13.1 Å². The van der Waals surface area contributed by atoms with Crippen LogP contribution in [0, 0.1) is 0 Å². The van der Waals surface area contributed by atoms with Crippen molar-refractivity contribution in [3.8, 4) is 0 Å². The standard InChI is InChI=1S/C14H20N2O3S/c1-11-6-3-4-9-16(11)20(18,19)13-8-5-7-12(10-13)14(17)15-2/h5,7-8,10-11H,3-4,6,9H2,1-2H3,(H,15,17). The van der Waals surface area contributed by atoms with Gasteiger partial charge in [0.2, 0.25) is 10.0 Å². The highest BCUT2D eigenvalue weighted by Gasteiger charge is 2.31. The average Bonchev–Trinajstić information content (AvgIpc) is 2.47. The van der Waals surface area contributed by atoms with Crippen molar-refractivity contribution in [3.63, 3.8) is 0 Å². The van der Waals surface area contributed by atoms with Gasteiger partial charge >= 0.3 is 0 Å². The molecule has 1 amide bonds. The Bertz CT molecular complexity index is 598. The van der Waals surface area contributed by atoms with E-state index in [4.69, 9.17) is 0 Å². The molecule has 6 heteroatoms. The van der Waals surface area contributed by atoms with Crippen molar-refractivity contribution in [1.29, 1.82) is 0 Å². The fourth-order valence-electron chi connectivity index (χ4n) is 2.51. The lowest BCUT2D eigenvalue weighted by molar-refractivity contribution is 0.0963. The zero-order valence-electron chi connectivity index (χ0n) is 11.8. The minimum absolute atomic E-state index is 0.0115. The highest BCUT2D eigenvalue weighted by molar-refractivity contribution is 7.89. The molecule has 0 saturated carbocycles. The molecule has 1 saturated heterocycles. The number of carbonyl (C=O) groups is 1. The summed E-state index contributed by atoms with van der Waals surface area (Å²) in [7, 11) is -2.00. The van der Waals surface area contributed by atoms with Gasteiger partial charge in [0.15, 0.2) is 0 Å². The molecule has 0 aromatic heterocycles. The minimum atomic E-state index is -3.52. The number of rotatable bonds is 3. The Morgan fingerprint density at radius 1 is 1.35 bits per heavy atom. The van der Waals surface area contributed by atoms with Crippen LogP contribution in [-0.4, -0.2) is 38.3 Å². The van der Waals surface area contributed by atoms with Gasteiger partial charge in [0.05, 0.1) is 4.90 Å². The molecule has 1 unspecified atom stereocenters. The molecular formula is C14H20N2O3S. The van der Waals surface area contributed by atoms with Crippen LogP contribution in [0.1, 0.15) is 36.5 Å². The second kappa shape index (κ2) is 5.93. The van der Waals surface area contributed by atoms with Crippen molar-refractivity contribution in [2.75, 3.05) is 13.6 Å². The molecule has 20 heavy (non-hydrogen) atoms. The summed E-state index contributed by atoms with van der Waals surface area (Å²) in [4.78, 5) is 11.8. The van der Waals surface area contributed by atoms with E-state index in [1.54, 1.807) is 22.5 Å². The van der Waals surface area contributed by atoms with E-state index in [-0.39, 0.29) is 16.8 Å². The Morgan fingerprint density at radius 3 is 2.75 bits per heavy atom. The van der Waals surface area contributed by atoms with E-state index in [1.807, 2.05) is 6.92 Å². The molecule has 2 rings (SSSR count). The van der Waals surface area contributed by atoms with Crippen molar-refractivity contribution < 1.29 is 13.2 Å². The van der Waals surface area contributed by atoms with Crippen molar-refractivity contribution in [2.45, 2.75) is 37.1 Å². The average molecular weight is 296 g/mol. The van der Waals surface area contributed by atoms with Crippen LogP contribution >= 0.6 is 0 Å². The van der Waals surface area contributed by atoms with E-state index in [2.05, 4.69) is 5.32 Å². The quantitative estimate of drug-likeness (QED) is 0.921. The number of hydrogen-bond acceptors (Lipinski definition) is 3. The van der Waals surface area contributed by atoms with Gasteiger partial charge in [0, 0.05) is 25.2 Å². The van der Waals surface area contributed by atoms with Crippen molar-refractivity contribution in [2.24, 2.45) is 0 Å². The molecule has 1 aromatic carbocycles. The molecule has 1 aliphatic rings. The number of hydrogen-bond donors (Lipinski definition) is 1. The van der Waals surface area contributed by atoms with Gasteiger partial charge in [-0.3, -0.25) is 4.79 Å². The zero-order valence-corrected chi connectivity index (χ0v) is 12.6. The van der Waals surface area contributed by atoms with Crippen molar-refractivity contribution in [3.05, 3.63) is 29.8 Å². The fourth-order valence-corrected chi connectivity index (χ4v) is 4.25. The normalized spacial score (nSPS) is 20.6. The van der Waals surface area contributed by atoms with Crippen molar-refractivity contribution in [1.82, 2.24) is 9.62 Å². The number of nitrogens with one attached hydrogen (secondary N) is 1. The maximum atomic E-state index is 12.7. The Morgan fingerprint density at radius 2 is 2.10 bits per heavy atom. The van der Waals surface area contributed by atoms with E-state index in [0.717, 1.165) is 19.3 Å². The third-order valence-corrected chi connectivity index (χ3v) is 5.68. The Kier molecular flexibility index (Phi) is 4.45. The van der Waals surface area contributed by atoms with Gasteiger partial charge in [0.25, 0.3) is 5.91 Å². The van der Waals surface area contributed by atoms with Gasteiger partial charge in [-0.15, -0.1) is 0 Å². The summed E-state index contributed by atoms with van der Waals surface area (Å²) in [5, 5.41) is 2.50. The van der Waals surface area contributed by atoms with Crippen LogP contribution in [0.4, 0.5) is 0 Å². The SMILES string of the molecule is CNC(=O)c1cccc(S(=O)(=O)N2CCCCC2C)c1. The zero-order chi connectivity index (χ0) is 14.8. The Labute approximate surface area is 120 Å². The van der Waals surface area contributed by atoms with Gasteiger partial charge in [-0.2, -0.15) is 4.31 Å². The lowest BCUT2D eigenvalue weighted by Gasteiger charge is -2.32. The largest absolute Gasteiger partial charge is 0.355 e. The molecule has 1 heterocycles. The number of sulfonamides is 1. The summed E-state index contributed by atoms with van der Waals surface area (Å²) in [5.41, 5.74) is 0.359. The predicted octanol–water partition coefficient (Wildman–Crippen LogP) is 1.61.